The molecule has 0 bridgehead atoms. The van der Waals surface area contributed by atoms with E-state index in [1.54, 1.807) is 0 Å². The van der Waals surface area contributed by atoms with E-state index >= 15 is 0 Å². The SMILES string of the molecule is Cc1ccc(NC(CN)c2ccc(Cl)cc2)cc1C. The molecule has 3 heteroatoms. The molecule has 0 spiro atoms. The van der Waals surface area contributed by atoms with Gasteiger partial charge < -0.3 is 11.1 Å². The second-order valence-corrected chi connectivity index (χ2v) is 5.22. The summed E-state index contributed by atoms with van der Waals surface area (Å²) in [4.78, 5) is 0. The molecule has 0 saturated heterocycles. The van der Waals surface area contributed by atoms with E-state index in [2.05, 4.69) is 37.4 Å². The van der Waals surface area contributed by atoms with Crippen LogP contribution in [0.25, 0.3) is 0 Å². The molecule has 19 heavy (non-hydrogen) atoms. The topological polar surface area (TPSA) is 38.0 Å². The first-order valence-corrected chi connectivity index (χ1v) is 6.77. The molecule has 1 unspecified atom stereocenters. The van der Waals surface area contributed by atoms with Gasteiger partial charge in [0, 0.05) is 17.3 Å². The number of hydrogen-bond acceptors (Lipinski definition) is 2. The highest BCUT2D eigenvalue weighted by molar-refractivity contribution is 6.30. The molecule has 0 fully saturated rings. The zero-order valence-electron chi connectivity index (χ0n) is 11.3. The van der Waals surface area contributed by atoms with E-state index in [1.165, 1.54) is 11.1 Å². The van der Waals surface area contributed by atoms with E-state index in [0.29, 0.717) is 6.54 Å². The molecular formula is C16H19ClN2. The molecule has 1 atom stereocenters. The zero-order valence-corrected chi connectivity index (χ0v) is 12.0. The number of aryl methyl sites for hydroxylation is 2. The van der Waals surface area contributed by atoms with Crippen molar-refractivity contribution in [2.75, 3.05) is 11.9 Å². The molecule has 0 saturated carbocycles. The Kier molecular flexibility index (Phi) is 4.46. The molecule has 0 aromatic heterocycles. The summed E-state index contributed by atoms with van der Waals surface area (Å²) in [6, 6.07) is 14.2. The van der Waals surface area contributed by atoms with Crippen LogP contribution < -0.4 is 11.1 Å². The fourth-order valence-electron chi connectivity index (χ4n) is 2.01. The molecular weight excluding hydrogens is 256 g/mol. The van der Waals surface area contributed by atoms with Crippen LogP contribution in [0.5, 0.6) is 0 Å². The number of hydrogen-bond donors (Lipinski definition) is 2. The highest BCUT2D eigenvalue weighted by Crippen LogP contribution is 2.22. The highest BCUT2D eigenvalue weighted by Gasteiger charge is 2.09. The van der Waals surface area contributed by atoms with E-state index in [9.17, 15) is 0 Å². The monoisotopic (exact) mass is 274 g/mol. The normalized spacial score (nSPS) is 12.2. The number of anilines is 1. The Morgan fingerprint density at radius 2 is 1.74 bits per heavy atom. The fourth-order valence-corrected chi connectivity index (χ4v) is 2.13. The van der Waals surface area contributed by atoms with Crippen LogP contribution in [0.3, 0.4) is 0 Å². The summed E-state index contributed by atoms with van der Waals surface area (Å²) in [5.74, 6) is 0. The van der Waals surface area contributed by atoms with Gasteiger partial charge >= 0.3 is 0 Å². The van der Waals surface area contributed by atoms with Gasteiger partial charge in [-0.25, -0.2) is 0 Å². The predicted octanol–water partition coefficient (Wildman–Crippen LogP) is 4.07. The number of halogens is 1. The second-order valence-electron chi connectivity index (χ2n) is 4.78. The first kappa shape index (κ1) is 13.9. The summed E-state index contributed by atoms with van der Waals surface area (Å²) < 4.78 is 0. The van der Waals surface area contributed by atoms with Gasteiger partial charge in [0.25, 0.3) is 0 Å². The Labute approximate surface area is 119 Å². The van der Waals surface area contributed by atoms with E-state index in [0.717, 1.165) is 16.3 Å². The predicted molar refractivity (Wildman–Crippen MR) is 82.8 cm³/mol. The minimum atomic E-state index is 0.0966. The van der Waals surface area contributed by atoms with Crippen molar-refractivity contribution in [3.05, 3.63) is 64.2 Å². The Balaban J connectivity index is 2.18. The molecule has 3 N–H and O–H groups in total. The Morgan fingerprint density at radius 1 is 1.05 bits per heavy atom. The lowest BCUT2D eigenvalue weighted by Gasteiger charge is -2.19. The minimum absolute atomic E-state index is 0.0966. The van der Waals surface area contributed by atoms with Crippen molar-refractivity contribution in [2.45, 2.75) is 19.9 Å². The Morgan fingerprint density at radius 3 is 2.32 bits per heavy atom. The molecule has 0 amide bonds. The van der Waals surface area contributed by atoms with Crippen molar-refractivity contribution < 1.29 is 0 Å². The van der Waals surface area contributed by atoms with Crippen LogP contribution in [0.15, 0.2) is 42.5 Å². The van der Waals surface area contributed by atoms with Crippen molar-refractivity contribution in [1.29, 1.82) is 0 Å². The van der Waals surface area contributed by atoms with Crippen LogP contribution in [0.1, 0.15) is 22.7 Å². The maximum atomic E-state index is 5.91. The Hall–Kier alpha value is -1.51. The lowest BCUT2D eigenvalue weighted by atomic mass is 10.1. The summed E-state index contributed by atoms with van der Waals surface area (Å²) in [6.07, 6.45) is 0. The second kappa shape index (κ2) is 6.09. The average molecular weight is 275 g/mol. The van der Waals surface area contributed by atoms with Crippen LogP contribution >= 0.6 is 11.6 Å². The van der Waals surface area contributed by atoms with Gasteiger partial charge in [-0.2, -0.15) is 0 Å². The number of nitrogens with one attached hydrogen (secondary N) is 1. The van der Waals surface area contributed by atoms with Gasteiger partial charge in [0.05, 0.1) is 6.04 Å². The lowest BCUT2D eigenvalue weighted by Crippen LogP contribution is -2.20. The van der Waals surface area contributed by atoms with Crippen LogP contribution in [-0.4, -0.2) is 6.54 Å². The summed E-state index contributed by atoms with van der Waals surface area (Å²) in [5, 5.41) is 4.21. The van der Waals surface area contributed by atoms with E-state index < -0.39 is 0 Å². The van der Waals surface area contributed by atoms with Gasteiger partial charge in [0.2, 0.25) is 0 Å². The van der Waals surface area contributed by atoms with Gasteiger partial charge in [-0.1, -0.05) is 29.8 Å². The highest BCUT2D eigenvalue weighted by atomic mass is 35.5. The molecule has 0 aliphatic heterocycles. The van der Waals surface area contributed by atoms with Crippen molar-refractivity contribution in [1.82, 2.24) is 0 Å². The molecule has 0 aliphatic rings. The standard InChI is InChI=1S/C16H19ClN2/c1-11-3-8-15(9-12(11)2)19-16(10-18)13-4-6-14(17)7-5-13/h3-9,16,19H,10,18H2,1-2H3. The molecule has 0 radical (unpaired) electrons. The largest absolute Gasteiger partial charge is 0.377 e. The smallest absolute Gasteiger partial charge is 0.0636 e. The maximum absolute atomic E-state index is 5.91. The zero-order chi connectivity index (χ0) is 13.8. The van der Waals surface area contributed by atoms with Gasteiger partial charge in [0.15, 0.2) is 0 Å². The molecule has 2 aromatic carbocycles. The van der Waals surface area contributed by atoms with Crippen molar-refractivity contribution in [3.63, 3.8) is 0 Å². The lowest BCUT2D eigenvalue weighted by molar-refractivity contribution is 0.790. The van der Waals surface area contributed by atoms with Crippen LogP contribution in [0.2, 0.25) is 5.02 Å². The van der Waals surface area contributed by atoms with Crippen molar-refractivity contribution in [3.8, 4) is 0 Å². The number of nitrogens with two attached hydrogens (primary N) is 1. The average Bonchev–Trinajstić information content (AvgIpc) is 2.41. The fraction of sp³-hybridized carbons (Fsp3) is 0.250. The summed E-state index contributed by atoms with van der Waals surface area (Å²) in [5.41, 5.74) is 10.7. The van der Waals surface area contributed by atoms with E-state index in [1.807, 2.05) is 24.3 Å². The molecule has 0 heterocycles. The van der Waals surface area contributed by atoms with Crippen molar-refractivity contribution >= 4 is 17.3 Å². The maximum Gasteiger partial charge on any atom is 0.0636 e. The van der Waals surface area contributed by atoms with Gasteiger partial charge in [-0.15, -0.1) is 0 Å². The molecule has 0 aliphatic carbocycles. The van der Waals surface area contributed by atoms with Gasteiger partial charge in [0.1, 0.15) is 0 Å². The minimum Gasteiger partial charge on any atom is -0.377 e. The third-order valence-corrected chi connectivity index (χ3v) is 3.61. The summed E-state index contributed by atoms with van der Waals surface area (Å²) in [6.45, 7) is 4.76. The quantitative estimate of drug-likeness (QED) is 0.882. The van der Waals surface area contributed by atoms with E-state index in [-0.39, 0.29) is 6.04 Å². The third-order valence-electron chi connectivity index (χ3n) is 3.36. The van der Waals surface area contributed by atoms with Crippen LogP contribution in [-0.2, 0) is 0 Å². The van der Waals surface area contributed by atoms with Crippen LogP contribution in [0.4, 0.5) is 5.69 Å². The third kappa shape index (κ3) is 3.49. The number of benzene rings is 2. The Bertz CT molecular complexity index is 549. The van der Waals surface area contributed by atoms with Crippen molar-refractivity contribution in [2.24, 2.45) is 5.73 Å². The molecule has 2 aromatic rings. The van der Waals surface area contributed by atoms with Crippen LogP contribution in [0, 0.1) is 13.8 Å². The summed E-state index contributed by atoms with van der Waals surface area (Å²) >= 11 is 5.91. The van der Waals surface area contributed by atoms with Gasteiger partial charge in [-0.3, -0.25) is 0 Å². The molecule has 2 rings (SSSR count). The van der Waals surface area contributed by atoms with E-state index in [4.69, 9.17) is 17.3 Å². The molecule has 100 valence electrons. The number of rotatable bonds is 4. The molecule has 2 nitrogen and oxygen atoms in total. The first-order valence-electron chi connectivity index (χ1n) is 6.39. The first-order chi connectivity index (χ1) is 9.10. The van der Waals surface area contributed by atoms with Gasteiger partial charge in [-0.05, 0) is 54.8 Å². The summed E-state index contributed by atoms with van der Waals surface area (Å²) in [7, 11) is 0.